The number of halogens is 2. The minimum Gasteiger partial charge on any atom is -0.457 e. The molecule has 0 radical (unpaired) electrons. The van der Waals surface area contributed by atoms with Crippen LogP contribution in [0.1, 0.15) is 38.9 Å². The fourth-order valence-corrected chi connectivity index (χ4v) is 4.07. The van der Waals surface area contributed by atoms with Crippen molar-refractivity contribution in [3.8, 4) is 23.8 Å². The van der Waals surface area contributed by atoms with Crippen molar-refractivity contribution in [2.45, 2.75) is 37.6 Å². The second-order valence-electron chi connectivity index (χ2n) is 8.15. The van der Waals surface area contributed by atoms with Gasteiger partial charge < -0.3 is 9.47 Å². The number of carbonyl (C=O) groups excluding carboxylic acids is 1. The molecule has 5 heteroatoms. The number of ether oxygens (including phenoxy) is 2. The molecule has 2 aromatic carbocycles. The van der Waals surface area contributed by atoms with Crippen LogP contribution in [-0.4, -0.2) is 10.3 Å². The Morgan fingerprint density at radius 3 is 2.45 bits per heavy atom. The molecule has 3 atom stereocenters. The number of terminal acetylenes is 1. The summed E-state index contributed by atoms with van der Waals surface area (Å²) in [6.07, 6.45) is 5.39. The molecule has 0 heterocycles. The van der Waals surface area contributed by atoms with Gasteiger partial charge in [-0.2, -0.15) is 0 Å². The molecule has 1 aliphatic rings. The summed E-state index contributed by atoms with van der Waals surface area (Å²) in [4.78, 5) is 12.8. The third kappa shape index (κ3) is 5.26. The molecule has 1 unspecified atom stereocenters. The van der Waals surface area contributed by atoms with Gasteiger partial charge in [-0.1, -0.05) is 50.1 Å². The summed E-state index contributed by atoms with van der Waals surface area (Å²) in [5, 5.41) is 0. The highest BCUT2D eigenvalue weighted by Gasteiger charge is 2.63. The van der Waals surface area contributed by atoms with Crippen molar-refractivity contribution in [2.75, 3.05) is 0 Å². The van der Waals surface area contributed by atoms with E-state index in [1.807, 2.05) is 62.4 Å². The van der Waals surface area contributed by atoms with Crippen molar-refractivity contribution in [1.29, 1.82) is 0 Å². The van der Waals surface area contributed by atoms with Gasteiger partial charge in [-0.25, -0.2) is 0 Å². The lowest BCUT2D eigenvalue weighted by atomic mass is 10.1. The Labute approximate surface area is 182 Å². The lowest BCUT2D eigenvalue weighted by molar-refractivity contribution is -0.149. The molecule has 0 bridgehead atoms. The molecular formula is C24H24Cl2O3. The molecule has 152 valence electrons. The molecule has 29 heavy (non-hydrogen) atoms. The average molecular weight is 431 g/mol. The second-order valence-corrected chi connectivity index (χ2v) is 10.0. The summed E-state index contributed by atoms with van der Waals surface area (Å²) in [6.45, 7) is 5.76. The minimum absolute atomic E-state index is 0.0566. The van der Waals surface area contributed by atoms with Crippen LogP contribution in [0, 0.1) is 29.6 Å². The number of esters is 1. The summed E-state index contributed by atoms with van der Waals surface area (Å²) >= 11 is 12.3. The maximum atomic E-state index is 12.8. The second kappa shape index (κ2) is 8.30. The zero-order valence-electron chi connectivity index (χ0n) is 16.7. The van der Waals surface area contributed by atoms with Crippen molar-refractivity contribution < 1.29 is 14.3 Å². The summed E-state index contributed by atoms with van der Waals surface area (Å²) in [7, 11) is 0. The average Bonchev–Trinajstić information content (AvgIpc) is 3.18. The monoisotopic (exact) mass is 430 g/mol. The zero-order chi connectivity index (χ0) is 21.2. The number of carbonyl (C=O) groups is 1. The van der Waals surface area contributed by atoms with Gasteiger partial charge in [-0.3, -0.25) is 4.79 Å². The van der Waals surface area contributed by atoms with Gasteiger partial charge >= 0.3 is 5.97 Å². The van der Waals surface area contributed by atoms with Crippen LogP contribution in [0.25, 0.3) is 0 Å². The van der Waals surface area contributed by atoms with Gasteiger partial charge in [-0.05, 0) is 48.9 Å². The summed E-state index contributed by atoms with van der Waals surface area (Å²) in [5.74, 6) is 3.35. The Hall–Kier alpha value is -2.15. The predicted octanol–water partition coefficient (Wildman–Crippen LogP) is 6.55. The SMILES string of the molecule is C#CC(OC(=O)[C@@H]1[C@H](CC(C)(Cl)Cl)C1(C)C)c1cccc(Oc2ccccc2)c1. The number of alkyl halides is 2. The number of hydrogen-bond donors (Lipinski definition) is 0. The number of hydrogen-bond acceptors (Lipinski definition) is 3. The van der Waals surface area contributed by atoms with E-state index in [1.165, 1.54) is 0 Å². The Kier molecular flexibility index (Phi) is 6.17. The Morgan fingerprint density at radius 2 is 1.83 bits per heavy atom. The van der Waals surface area contributed by atoms with Crippen LogP contribution < -0.4 is 4.74 Å². The first-order chi connectivity index (χ1) is 13.6. The van der Waals surface area contributed by atoms with Crippen molar-refractivity contribution in [3.63, 3.8) is 0 Å². The first-order valence-corrected chi connectivity index (χ1v) is 10.2. The third-order valence-corrected chi connectivity index (χ3v) is 5.72. The first kappa shape index (κ1) is 21.6. The van der Waals surface area contributed by atoms with E-state index < -0.39 is 10.4 Å². The van der Waals surface area contributed by atoms with Crippen LogP contribution in [0.5, 0.6) is 11.5 Å². The number of benzene rings is 2. The summed E-state index contributed by atoms with van der Waals surface area (Å²) in [5.41, 5.74) is 0.461. The van der Waals surface area contributed by atoms with E-state index in [1.54, 1.807) is 13.0 Å². The van der Waals surface area contributed by atoms with Crippen LogP contribution in [0.2, 0.25) is 0 Å². The highest BCUT2D eigenvalue weighted by molar-refractivity contribution is 6.48. The standard InChI is InChI=1S/C24H24Cl2O3/c1-5-20(29-22(27)21-19(23(21,2)3)15-24(4,25)26)16-10-9-13-18(14-16)28-17-11-7-6-8-12-17/h1,6-14,19-21H,15H2,2-4H3/t19-,20?,21-/m0/s1. The highest BCUT2D eigenvalue weighted by Crippen LogP contribution is 2.62. The smallest absolute Gasteiger partial charge is 0.311 e. The quantitative estimate of drug-likeness (QED) is 0.283. The van der Waals surface area contributed by atoms with E-state index in [0.717, 1.165) is 0 Å². The van der Waals surface area contributed by atoms with Gasteiger partial charge in [0, 0.05) is 5.56 Å². The minimum atomic E-state index is -0.883. The molecular weight excluding hydrogens is 407 g/mol. The molecule has 3 rings (SSSR count). The molecule has 0 aliphatic heterocycles. The molecule has 1 fully saturated rings. The van der Waals surface area contributed by atoms with Gasteiger partial charge in [-0.15, -0.1) is 29.6 Å². The maximum Gasteiger partial charge on any atom is 0.311 e. The normalized spacial score (nSPS) is 21.0. The van der Waals surface area contributed by atoms with Crippen LogP contribution in [-0.2, 0) is 9.53 Å². The fraction of sp³-hybridized carbons (Fsp3) is 0.375. The first-order valence-electron chi connectivity index (χ1n) is 9.49. The third-order valence-electron chi connectivity index (χ3n) is 5.41. The maximum absolute atomic E-state index is 12.8. The van der Waals surface area contributed by atoms with E-state index in [2.05, 4.69) is 5.92 Å². The van der Waals surface area contributed by atoms with Crippen molar-refractivity contribution in [3.05, 3.63) is 60.2 Å². The van der Waals surface area contributed by atoms with Crippen LogP contribution in [0.3, 0.4) is 0 Å². The molecule has 0 saturated heterocycles. The van der Waals surface area contributed by atoms with E-state index >= 15 is 0 Å². The summed E-state index contributed by atoms with van der Waals surface area (Å²) < 4.78 is 10.6. The zero-order valence-corrected chi connectivity index (χ0v) is 18.2. The molecule has 1 aliphatic carbocycles. The summed E-state index contributed by atoms with van der Waals surface area (Å²) in [6, 6.07) is 16.7. The van der Waals surface area contributed by atoms with E-state index in [0.29, 0.717) is 23.5 Å². The molecule has 3 nitrogen and oxygen atoms in total. The molecule has 0 aromatic heterocycles. The Bertz CT molecular complexity index is 910. The molecule has 1 saturated carbocycles. The van der Waals surface area contributed by atoms with E-state index in [-0.39, 0.29) is 23.2 Å². The molecule has 0 N–H and O–H groups in total. The van der Waals surface area contributed by atoms with Crippen LogP contribution >= 0.6 is 23.2 Å². The van der Waals surface area contributed by atoms with Crippen molar-refractivity contribution >= 4 is 29.2 Å². The number of rotatable bonds is 7. The fourth-order valence-electron chi connectivity index (χ4n) is 3.73. The van der Waals surface area contributed by atoms with E-state index in [9.17, 15) is 4.79 Å². The lowest BCUT2D eigenvalue weighted by Gasteiger charge is -2.15. The van der Waals surface area contributed by atoms with Crippen molar-refractivity contribution in [1.82, 2.24) is 0 Å². The predicted molar refractivity (Wildman–Crippen MR) is 116 cm³/mol. The van der Waals surface area contributed by atoms with Crippen molar-refractivity contribution in [2.24, 2.45) is 17.3 Å². The van der Waals surface area contributed by atoms with Gasteiger partial charge in [0.15, 0.2) is 6.10 Å². The van der Waals surface area contributed by atoms with Crippen LogP contribution in [0.15, 0.2) is 54.6 Å². The van der Waals surface area contributed by atoms with Gasteiger partial charge in [0.1, 0.15) is 15.8 Å². The van der Waals surface area contributed by atoms with E-state index in [4.69, 9.17) is 39.1 Å². The molecule has 0 amide bonds. The Balaban J connectivity index is 1.70. The van der Waals surface area contributed by atoms with Gasteiger partial charge in [0.2, 0.25) is 0 Å². The molecule has 0 spiro atoms. The topological polar surface area (TPSA) is 35.5 Å². The van der Waals surface area contributed by atoms with Gasteiger partial charge in [0.05, 0.1) is 5.92 Å². The number of para-hydroxylation sites is 1. The van der Waals surface area contributed by atoms with Gasteiger partial charge in [0.25, 0.3) is 0 Å². The molecule has 2 aromatic rings. The van der Waals surface area contributed by atoms with Crippen LogP contribution in [0.4, 0.5) is 0 Å². The largest absolute Gasteiger partial charge is 0.457 e. The Morgan fingerprint density at radius 1 is 1.17 bits per heavy atom. The highest BCUT2D eigenvalue weighted by atomic mass is 35.5. The lowest BCUT2D eigenvalue weighted by Crippen LogP contribution is -2.15.